The summed E-state index contributed by atoms with van der Waals surface area (Å²) in [5.74, 6) is -2.58. The molecule has 1 aromatic rings. The predicted octanol–water partition coefficient (Wildman–Crippen LogP) is 3.69. The highest BCUT2D eigenvalue weighted by Crippen LogP contribution is 2.74. The van der Waals surface area contributed by atoms with E-state index in [-0.39, 0.29) is 54.7 Å². The third kappa shape index (κ3) is 4.18. The largest absolute Gasteiger partial charge is 0.457 e. The van der Waals surface area contributed by atoms with Crippen LogP contribution in [-0.4, -0.2) is 65.2 Å². The van der Waals surface area contributed by atoms with Gasteiger partial charge in [0, 0.05) is 22.1 Å². The summed E-state index contributed by atoms with van der Waals surface area (Å²) < 4.78 is 29.0. The van der Waals surface area contributed by atoms with Gasteiger partial charge in [0.15, 0.2) is 18.1 Å². The molecule has 11 heteroatoms. The number of nitrogens with one attached hydrogen (secondary N) is 1. The second-order valence-corrected chi connectivity index (χ2v) is 14.7. The van der Waals surface area contributed by atoms with E-state index in [0.29, 0.717) is 36.1 Å². The molecule has 238 valence electrons. The number of esters is 1. The Morgan fingerprint density at radius 2 is 2.02 bits per heavy atom. The molecule has 9 nitrogen and oxygen atoms in total. The average molecular weight is 629 g/mol. The van der Waals surface area contributed by atoms with E-state index in [2.05, 4.69) is 5.32 Å². The molecule has 4 aliphatic carbocycles. The van der Waals surface area contributed by atoms with Crippen molar-refractivity contribution in [3.63, 3.8) is 0 Å². The predicted molar refractivity (Wildman–Crippen MR) is 161 cm³/mol. The van der Waals surface area contributed by atoms with Crippen LogP contribution in [0.2, 0.25) is 0 Å². The van der Waals surface area contributed by atoms with Crippen molar-refractivity contribution in [3.8, 4) is 0 Å². The Balaban J connectivity index is 1.16. The molecule has 5 aliphatic rings. The van der Waals surface area contributed by atoms with Gasteiger partial charge in [-0.05, 0) is 73.5 Å². The van der Waals surface area contributed by atoms with Gasteiger partial charge in [-0.15, -0.1) is 11.3 Å². The van der Waals surface area contributed by atoms with Crippen molar-refractivity contribution in [2.45, 2.75) is 83.2 Å². The minimum atomic E-state index is -1.99. The van der Waals surface area contributed by atoms with Crippen LogP contribution in [0, 0.1) is 34.5 Å². The van der Waals surface area contributed by atoms with E-state index in [9.17, 15) is 24.3 Å². The molecule has 2 heterocycles. The Kier molecular flexibility index (Phi) is 7.58. The minimum Gasteiger partial charge on any atom is -0.457 e. The zero-order valence-corrected chi connectivity index (χ0v) is 26.4. The number of carbonyl (C=O) groups excluding carboxylic acids is 4. The second-order valence-electron chi connectivity index (χ2n) is 14.0. The summed E-state index contributed by atoms with van der Waals surface area (Å²) in [4.78, 5) is 51.3. The molecule has 1 spiro atoms. The molecule has 0 bridgehead atoms. The van der Waals surface area contributed by atoms with Crippen LogP contribution in [0.25, 0.3) is 0 Å². The molecule has 9 atom stereocenters. The van der Waals surface area contributed by atoms with Crippen molar-refractivity contribution in [2.24, 2.45) is 40.2 Å². The van der Waals surface area contributed by atoms with E-state index >= 15 is 4.39 Å². The van der Waals surface area contributed by atoms with Gasteiger partial charge in [0.1, 0.15) is 5.60 Å². The van der Waals surface area contributed by atoms with Crippen LogP contribution in [0.5, 0.6) is 0 Å². The van der Waals surface area contributed by atoms with Gasteiger partial charge in [0.25, 0.3) is 0 Å². The zero-order chi connectivity index (χ0) is 31.8. The van der Waals surface area contributed by atoms with Crippen LogP contribution < -0.4 is 11.1 Å². The first-order valence-electron chi connectivity index (χ1n) is 15.5. The number of halogens is 1. The molecule has 1 aromatic heterocycles. The van der Waals surface area contributed by atoms with Crippen LogP contribution in [0.3, 0.4) is 0 Å². The Bertz CT molecular complexity index is 1470. The average Bonchev–Trinajstić information content (AvgIpc) is 3.45. The molecule has 4 N–H and O–H groups in total. The number of allylic oxidation sites excluding steroid dienone is 4. The molecule has 3 saturated carbocycles. The van der Waals surface area contributed by atoms with Crippen LogP contribution in [0.1, 0.15) is 58.9 Å². The first-order valence-corrected chi connectivity index (χ1v) is 16.4. The normalized spacial score (nSPS) is 39.3. The number of amides is 1. The van der Waals surface area contributed by atoms with Crippen LogP contribution >= 0.6 is 11.3 Å². The van der Waals surface area contributed by atoms with Crippen LogP contribution in [0.4, 0.5) is 10.1 Å². The maximum atomic E-state index is 17.4. The molecule has 1 aliphatic heterocycles. The summed E-state index contributed by atoms with van der Waals surface area (Å²) in [6, 6.07) is -0.696. The smallest absolute Gasteiger partial charge is 0.310 e. The third-order valence-electron chi connectivity index (χ3n) is 11.6. The molecule has 0 aromatic carbocycles. The quantitative estimate of drug-likeness (QED) is 0.370. The highest BCUT2D eigenvalue weighted by Gasteiger charge is 2.81. The monoisotopic (exact) mass is 628 g/mol. The lowest BCUT2D eigenvalue weighted by Gasteiger charge is -2.67. The maximum Gasteiger partial charge on any atom is 0.310 e. The molecule has 1 saturated heterocycles. The molecule has 4 fully saturated rings. The van der Waals surface area contributed by atoms with Gasteiger partial charge in [0.2, 0.25) is 11.7 Å². The van der Waals surface area contributed by atoms with Crippen molar-refractivity contribution in [2.75, 3.05) is 18.5 Å². The Morgan fingerprint density at radius 3 is 2.70 bits per heavy atom. The number of hydrogen-bond acceptors (Lipinski definition) is 9. The van der Waals surface area contributed by atoms with Crippen molar-refractivity contribution in [1.82, 2.24) is 0 Å². The number of anilines is 1. The fraction of sp³-hybridized carbons (Fsp3) is 0.636. The first kappa shape index (κ1) is 31.3. The number of carbonyl (C=O) groups is 4. The zero-order valence-electron chi connectivity index (χ0n) is 25.6. The maximum absolute atomic E-state index is 17.4. The Labute approximate surface area is 260 Å². The summed E-state index contributed by atoms with van der Waals surface area (Å²) in [6.45, 7) is 7.11. The SMILES string of the molecule is CC(C)[C@H](N)C(=O)Nc1cscc1CC(=O)OCC(=O)[C@]12OC[C@@]13C[C@H](O)[C@@]1(F)[C@@H](CCC4=CC(=O)C=C[C@@]41C)[C@@H]3C[C@H]2C. The van der Waals surface area contributed by atoms with Crippen molar-refractivity contribution < 1.29 is 38.1 Å². The van der Waals surface area contributed by atoms with E-state index in [4.69, 9.17) is 15.2 Å². The third-order valence-corrected chi connectivity index (χ3v) is 12.4. The number of rotatable bonds is 8. The number of thiophene rings is 1. The number of nitrogens with two attached hydrogens (primary N) is 1. The van der Waals surface area contributed by atoms with Crippen LogP contribution in [0.15, 0.2) is 34.6 Å². The van der Waals surface area contributed by atoms with Gasteiger partial charge >= 0.3 is 5.97 Å². The number of hydrogen-bond donors (Lipinski definition) is 3. The van der Waals surface area contributed by atoms with Gasteiger partial charge in [-0.2, -0.15) is 0 Å². The highest BCUT2D eigenvalue weighted by molar-refractivity contribution is 7.08. The Morgan fingerprint density at radius 1 is 1.27 bits per heavy atom. The molecule has 0 unspecified atom stereocenters. The standard InChI is InChI=1S/C33H41FN2O7S/c1-17(2)28(35)29(41)36-24-15-44-14-19(24)10-27(40)42-13-26(39)33-18(3)9-23-22-6-5-20-11-21(37)7-8-30(20,4)32(22,34)25(38)12-31(23,33)16-43-33/h7-8,11,14-15,17-18,22-23,25,28,38H,5-6,9-10,12-13,16,35H2,1-4H3,(H,36,41)/t18-,22+,23+,25+,28+,30+,31-,32+,33+/m1/s1. The van der Waals surface area contributed by atoms with Gasteiger partial charge in [0.05, 0.1) is 30.9 Å². The van der Waals surface area contributed by atoms with Crippen LogP contribution in [-0.2, 0) is 35.1 Å². The van der Waals surface area contributed by atoms with E-state index in [0.717, 1.165) is 0 Å². The number of fused-ring (bicyclic) bond motifs is 4. The minimum absolute atomic E-state index is 0.0514. The summed E-state index contributed by atoms with van der Waals surface area (Å²) >= 11 is 1.32. The molecule has 44 heavy (non-hydrogen) atoms. The van der Waals surface area contributed by atoms with Gasteiger partial charge in [-0.25, -0.2) is 4.39 Å². The highest BCUT2D eigenvalue weighted by atomic mass is 32.1. The van der Waals surface area contributed by atoms with E-state index in [1.165, 1.54) is 23.5 Å². The van der Waals surface area contributed by atoms with Crippen molar-refractivity contribution in [3.05, 3.63) is 40.1 Å². The molecule has 1 amide bonds. The summed E-state index contributed by atoms with van der Waals surface area (Å²) in [7, 11) is 0. The molecule has 0 radical (unpaired) electrons. The topological polar surface area (TPSA) is 145 Å². The van der Waals surface area contributed by atoms with Gasteiger partial charge in [-0.3, -0.25) is 19.2 Å². The number of ketones is 2. The van der Waals surface area contributed by atoms with Crippen molar-refractivity contribution in [1.29, 1.82) is 0 Å². The van der Waals surface area contributed by atoms with E-state index in [1.807, 2.05) is 20.8 Å². The number of aliphatic hydroxyl groups excluding tert-OH is 1. The van der Waals surface area contributed by atoms with Gasteiger partial charge < -0.3 is 25.6 Å². The lowest BCUT2D eigenvalue weighted by Crippen LogP contribution is -2.76. The van der Waals surface area contributed by atoms with Gasteiger partial charge in [-0.1, -0.05) is 32.4 Å². The summed E-state index contributed by atoms with van der Waals surface area (Å²) in [5.41, 5.74) is 2.56. The summed E-state index contributed by atoms with van der Waals surface area (Å²) in [6.07, 6.45) is 4.63. The second kappa shape index (κ2) is 10.7. The van der Waals surface area contributed by atoms with E-state index < -0.39 is 52.7 Å². The lowest BCUT2D eigenvalue weighted by molar-refractivity contribution is -0.310. The lowest BCUT2D eigenvalue weighted by atomic mass is 9.43. The number of alkyl halides is 1. The Hall–Kier alpha value is -2.73. The number of Topliss-reactive ketones (excluding diaryl/α,β-unsaturated/α-hetero) is 1. The fourth-order valence-electron chi connectivity index (χ4n) is 9.21. The molecular weight excluding hydrogens is 587 g/mol. The molecule has 6 rings (SSSR count). The number of aliphatic hydroxyl groups is 1. The summed E-state index contributed by atoms with van der Waals surface area (Å²) in [5, 5.41) is 17.8. The first-order chi connectivity index (χ1) is 20.7. The van der Waals surface area contributed by atoms with Crippen molar-refractivity contribution >= 4 is 40.5 Å². The van der Waals surface area contributed by atoms with E-state index in [1.54, 1.807) is 23.8 Å². The fourth-order valence-corrected chi connectivity index (χ4v) is 10.0. The molecular formula is C33H41FN2O7S. The number of ether oxygens (including phenoxy) is 2.